The van der Waals surface area contributed by atoms with Crippen LogP contribution in [0.25, 0.3) is 10.2 Å². The van der Waals surface area contributed by atoms with E-state index in [0.29, 0.717) is 16.3 Å². The Morgan fingerprint density at radius 3 is 2.52 bits per heavy atom. The predicted octanol–water partition coefficient (Wildman–Crippen LogP) is 4.25. The van der Waals surface area contributed by atoms with E-state index in [9.17, 15) is 18.0 Å². The van der Waals surface area contributed by atoms with E-state index in [2.05, 4.69) is 20.3 Å². The van der Waals surface area contributed by atoms with Gasteiger partial charge < -0.3 is 5.32 Å². The number of hydrogen-bond acceptors (Lipinski definition) is 6. The van der Waals surface area contributed by atoms with Gasteiger partial charge in [-0.15, -0.1) is 0 Å². The fraction of sp³-hybridized carbons (Fsp3) is 0.211. The van der Waals surface area contributed by atoms with E-state index < -0.39 is 15.9 Å². The number of aromatic nitrogens is 1. The molecular weight excluding hydrogens is 483 g/mol. The third-order valence-corrected chi connectivity index (χ3v) is 7.62. The van der Waals surface area contributed by atoms with E-state index in [1.54, 1.807) is 18.2 Å². The van der Waals surface area contributed by atoms with Crippen molar-refractivity contribution in [1.82, 2.24) is 9.71 Å². The summed E-state index contributed by atoms with van der Waals surface area (Å²) >= 11 is 13.4. The third-order valence-electron chi connectivity index (χ3n) is 4.38. The number of amides is 2. The number of fused-ring (bicyclic) bond motifs is 1. The highest BCUT2D eigenvalue weighted by molar-refractivity contribution is 7.89. The number of nitrogens with one attached hydrogen (secondary N) is 3. The van der Waals surface area contributed by atoms with Crippen molar-refractivity contribution in [2.24, 2.45) is 0 Å². The number of benzene rings is 2. The van der Waals surface area contributed by atoms with Crippen LogP contribution in [0.1, 0.15) is 30.1 Å². The minimum atomic E-state index is -3.88. The molecule has 2 amide bonds. The van der Waals surface area contributed by atoms with Gasteiger partial charge in [0.05, 0.1) is 25.8 Å². The van der Waals surface area contributed by atoms with Crippen molar-refractivity contribution in [3.63, 3.8) is 0 Å². The number of nitrogens with zero attached hydrogens (tertiary/aromatic N) is 1. The fourth-order valence-electron chi connectivity index (χ4n) is 2.82. The minimum Gasteiger partial charge on any atom is -0.326 e. The highest BCUT2D eigenvalue weighted by Gasteiger charge is 2.30. The second-order valence-corrected chi connectivity index (χ2v) is 10.5. The van der Waals surface area contributed by atoms with E-state index in [1.807, 2.05) is 0 Å². The molecule has 4 rings (SSSR count). The second kappa shape index (κ2) is 8.36. The molecule has 0 spiro atoms. The van der Waals surface area contributed by atoms with Gasteiger partial charge in [-0.05, 0) is 43.2 Å². The van der Waals surface area contributed by atoms with E-state index in [1.165, 1.54) is 24.3 Å². The maximum atomic E-state index is 12.8. The van der Waals surface area contributed by atoms with Crippen LogP contribution in [0.3, 0.4) is 0 Å². The zero-order valence-corrected chi connectivity index (χ0v) is 19.2. The third kappa shape index (κ3) is 4.99. The lowest BCUT2D eigenvalue weighted by Crippen LogP contribution is -2.26. The van der Waals surface area contributed by atoms with Crippen LogP contribution >= 0.6 is 34.5 Å². The molecule has 1 aliphatic rings. The van der Waals surface area contributed by atoms with Gasteiger partial charge in [0.2, 0.25) is 15.9 Å². The number of anilines is 2. The summed E-state index contributed by atoms with van der Waals surface area (Å²) in [6.07, 6.45) is 1.53. The Labute approximate surface area is 192 Å². The van der Waals surface area contributed by atoms with Crippen LogP contribution in [0, 0.1) is 0 Å². The number of rotatable bonds is 6. The van der Waals surface area contributed by atoms with Crippen LogP contribution in [0.15, 0.2) is 35.2 Å². The summed E-state index contributed by atoms with van der Waals surface area (Å²) in [4.78, 5) is 28.2. The van der Waals surface area contributed by atoms with Crippen LogP contribution in [0.4, 0.5) is 10.8 Å². The van der Waals surface area contributed by atoms with Gasteiger partial charge in [-0.2, -0.15) is 0 Å². The molecule has 0 radical (unpaired) electrons. The van der Waals surface area contributed by atoms with Gasteiger partial charge >= 0.3 is 0 Å². The average molecular weight is 499 g/mol. The summed E-state index contributed by atoms with van der Waals surface area (Å²) in [5, 5.41) is 5.57. The van der Waals surface area contributed by atoms with E-state index in [0.717, 1.165) is 23.6 Å². The molecule has 0 atom stereocenters. The number of halogens is 2. The Morgan fingerprint density at radius 2 is 1.84 bits per heavy atom. The van der Waals surface area contributed by atoms with Crippen molar-refractivity contribution in [3.05, 3.63) is 45.9 Å². The minimum absolute atomic E-state index is 0.0157. The zero-order chi connectivity index (χ0) is 22.3. The lowest BCUT2D eigenvalue weighted by molar-refractivity contribution is -0.114. The van der Waals surface area contributed by atoms with Gasteiger partial charge in [0, 0.05) is 18.7 Å². The van der Waals surface area contributed by atoms with Gasteiger partial charge in [-0.25, -0.2) is 18.1 Å². The summed E-state index contributed by atoms with van der Waals surface area (Å²) in [6, 6.07) is 7.45. The first kappa shape index (κ1) is 22.0. The quantitative estimate of drug-likeness (QED) is 0.469. The van der Waals surface area contributed by atoms with E-state index in [-0.39, 0.29) is 32.5 Å². The molecule has 1 heterocycles. The molecule has 3 aromatic rings. The van der Waals surface area contributed by atoms with E-state index >= 15 is 0 Å². The Kier molecular flexibility index (Phi) is 5.93. The van der Waals surface area contributed by atoms with Crippen molar-refractivity contribution in [2.75, 3.05) is 10.6 Å². The normalized spacial score (nSPS) is 13.9. The largest absolute Gasteiger partial charge is 0.326 e. The number of sulfonamides is 1. The Bertz CT molecular complexity index is 1320. The molecule has 0 bridgehead atoms. The predicted molar refractivity (Wildman–Crippen MR) is 122 cm³/mol. The topological polar surface area (TPSA) is 117 Å². The highest BCUT2D eigenvalue weighted by Crippen LogP contribution is 2.32. The maximum Gasteiger partial charge on any atom is 0.259 e. The molecule has 2 aromatic carbocycles. The molecule has 162 valence electrons. The van der Waals surface area contributed by atoms with Crippen LogP contribution in [-0.2, 0) is 14.8 Å². The number of hydrogen-bond donors (Lipinski definition) is 3. The van der Waals surface area contributed by atoms with Crippen molar-refractivity contribution >= 4 is 77.4 Å². The number of carbonyl (C=O) groups excluding carboxylic acids is 2. The van der Waals surface area contributed by atoms with Gasteiger partial charge in [-0.1, -0.05) is 34.5 Å². The van der Waals surface area contributed by atoms with Crippen LogP contribution < -0.4 is 15.4 Å². The molecule has 12 heteroatoms. The summed E-state index contributed by atoms with van der Waals surface area (Å²) < 4.78 is 28.4. The first-order valence-electron chi connectivity index (χ1n) is 9.13. The molecular formula is C19H16Cl2N4O4S2. The number of thiazole rings is 1. The second-order valence-electron chi connectivity index (χ2n) is 6.99. The highest BCUT2D eigenvalue weighted by atomic mass is 35.5. The zero-order valence-electron chi connectivity index (χ0n) is 16.0. The van der Waals surface area contributed by atoms with E-state index in [4.69, 9.17) is 23.2 Å². The number of carbonyl (C=O) groups is 2. The van der Waals surface area contributed by atoms with Gasteiger partial charge in [-0.3, -0.25) is 14.9 Å². The standard InChI is InChI=1S/C19H16Cl2N4O4S2/c1-9(26)22-11-4-5-15-16(6-11)30-19(23-15)24-18(27)12-7-17(14(21)8-13(12)20)31(28,29)25-10-2-3-10/h4-8,10,25H,2-3H2,1H3,(H,22,26)(H,23,24,27). The van der Waals surface area contributed by atoms with Crippen LogP contribution in [-0.4, -0.2) is 31.3 Å². The molecule has 31 heavy (non-hydrogen) atoms. The lowest BCUT2D eigenvalue weighted by atomic mass is 10.2. The van der Waals surface area contributed by atoms with Crippen LogP contribution in [0.5, 0.6) is 0 Å². The summed E-state index contributed by atoms with van der Waals surface area (Å²) in [5.41, 5.74) is 1.20. The molecule has 0 saturated heterocycles. The molecule has 1 fully saturated rings. The molecule has 1 aromatic heterocycles. The summed E-state index contributed by atoms with van der Waals surface area (Å²) in [5.74, 6) is -0.817. The lowest BCUT2D eigenvalue weighted by Gasteiger charge is -2.11. The Balaban J connectivity index is 1.60. The van der Waals surface area contributed by atoms with Crippen molar-refractivity contribution in [2.45, 2.75) is 30.7 Å². The Morgan fingerprint density at radius 1 is 1.10 bits per heavy atom. The maximum absolute atomic E-state index is 12.8. The average Bonchev–Trinajstić information content (AvgIpc) is 3.37. The monoisotopic (exact) mass is 498 g/mol. The first-order chi connectivity index (χ1) is 14.6. The first-order valence-corrected chi connectivity index (χ1v) is 12.2. The SMILES string of the molecule is CC(=O)Nc1ccc2nc(NC(=O)c3cc(S(=O)(=O)NC4CC4)c(Cl)cc3Cl)sc2c1. The molecule has 0 unspecified atom stereocenters. The smallest absolute Gasteiger partial charge is 0.259 e. The summed E-state index contributed by atoms with van der Waals surface area (Å²) in [7, 11) is -3.88. The molecule has 1 saturated carbocycles. The summed E-state index contributed by atoms with van der Waals surface area (Å²) in [6.45, 7) is 1.41. The van der Waals surface area contributed by atoms with Gasteiger partial charge in [0.15, 0.2) is 5.13 Å². The van der Waals surface area contributed by atoms with Gasteiger partial charge in [0.1, 0.15) is 4.90 Å². The van der Waals surface area contributed by atoms with Crippen molar-refractivity contribution in [1.29, 1.82) is 0 Å². The molecule has 3 N–H and O–H groups in total. The van der Waals surface area contributed by atoms with Crippen molar-refractivity contribution < 1.29 is 18.0 Å². The molecule has 8 nitrogen and oxygen atoms in total. The van der Waals surface area contributed by atoms with Crippen LogP contribution in [0.2, 0.25) is 10.0 Å². The van der Waals surface area contributed by atoms with Gasteiger partial charge in [0.25, 0.3) is 5.91 Å². The molecule has 0 aliphatic heterocycles. The molecule has 1 aliphatic carbocycles. The fourth-order valence-corrected chi connectivity index (χ4v) is 5.88. The Hall–Kier alpha value is -2.24. The van der Waals surface area contributed by atoms with Crippen molar-refractivity contribution in [3.8, 4) is 0 Å².